The van der Waals surface area contributed by atoms with Gasteiger partial charge in [-0.3, -0.25) is 0 Å². The monoisotopic (exact) mass is 185 g/mol. The second kappa shape index (κ2) is 5.61. The van der Waals surface area contributed by atoms with Gasteiger partial charge in [0.15, 0.2) is 0 Å². The van der Waals surface area contributed by atoms with Gasteiger partial charge < -0.3 is 10.5 Å². The highest BCUT2D eigenvalue weighted by Crippen LogP contribution is 2.21. The Bertz CT molecular complexity index is 130. The molecule has 1 aliphatic carbocycles. The molecule has 0 amide bonds. The van der Waals surface area contributed by atoms with Gasteiger partial charge in [-0.2, -0.15) is 0 Å². The summed E-state index contributed by atoms with van der Waals surface area (Å²) in [4.78, 5) is 0. The summed E-state index contributed by atoms with van der Waals surface area (Å²) in [6, 6.07) is 0. The zero-order valence-corrected chi connectivity index (χ0v) is 8.96. The van der Waals surface area contributed by atoms with Crippen molar-refractivity contribution in [2.45, 2.75) is 64.7 Å². The van der Waals surface area contributed by atoms with E-state index in [2.05, 4.69) is 13.8 Å². The molecule has 0 bridgehead atoms. The van der Waals surface area contributed by atoms with Crippen LogP contribution in [0.15, 0.2) is 0 Å². The summed E-state index contributed by atoms with van der Waals surface area (Å²) >= 11 is 0. The highest BCUT2D eigenvalue weighted by atomic mass is 16.5. The van der Waals surface area contributed by atoms with Crippen molar-refractivity contribution in [3.05, 3.63) is 0 Å². The summed E-state index contributed by atoms with van der Waals surface area (Å²) in [7, 11) is 0. The lowest BCUT2D eigenvalue weighted by Crippen LogP contribution is -2.31. The molecule has 13 heavy (non-hydrogen) atoms. The second-order valence-electron chi connectivity index (χ2n) is 4.56. The Morgan fingerprint density at radius 2 is 1.85 bits per heavy atom. The first-order chi connectivity index (χ1) is 6.18. The summed E-state index contributed by atoms with van der Waals surface area (Å²) in [6.07, 6.45) is 7.83. The van der Waals surface area contributed by atoms with Crippen LogP contribution in [0.25, 0.3) is 0 Å². The second-order valence-corrected chi connectivity index (χ2v) is 4.56. The Morgan fingerprint density at radius 1 is 1.23 bits per heavy atom. The van der Waals surface area contributed by atoms with Crippen molar-refractivity contribution in [3.63, 3.8) is 0 Å². The van der Waals surface area contributed by atoms with Gasteiger partial charge in [-0.25, -0.2) is 0 Å². The molecule has 0 aromatic rings. The van der Waals surface area contributed by atoms with E-state index in [0.29, 0.717) is 12.0 Å². The molecule has 0 saturated heterocycles. The van der Waals surface area contributed by atoms with E-state index < -0.39 is 0 Å². The lowest BCUT2D eigenvalue weighted by molar-refractivity contribution is -0.0350. The molecule has 1 fully saturated rings. The summed E-state index contributed by atoms with van der Waals surface area (Å²) in [5.74, 6) is 0.638. The molecule has 1 unspecified atom stereocenters. The van der Waals surface area contributed by atoms with Crippen molar-refractivity contribution in [2.75, 3.05) is 0 Å². The molecule has 0 radical (unpaired) electrons. The molecule has 0 aromatic heterocycles. The van der Waals surface area contributed by atoms with Crippen molar-refractivity contribution >= 4 is 0 Å². The van der Waals surface area contributed by atoms with Crippen LogP contribution in [0.1, 0.15) is 52.4 Å². The fourth-order valence-electron chi connectivity index (χ4n) is 1.97. The van der Waals surface area contributed by atoms with E-state index in [1.807, 2.05) is 0 Å². The number of hydrogen-bond acceptors (Lipinski definition) is 2. The molecule has 2 N–H and O–H groups in total. The molecule has 0 aromatic carbocycles. The molecule has 2 nitrogen and oxygen atoms in total. The summed E-state index contributed by atoms with van der Waals surface area (Å²) < 4.78 is 5.78. The highest BCUT2D eigenvalue weighted by Gasteiger charge is 2.17. The summed E-state index contributed by atoms with van der Waals surface area (Å²) in [5, 5.41) is 0. The van der Waals surface area contributed by atoms with Gasteiger partial charge in [0.1, 0.15) is 6.23 Å². The third-order valence-electron chi connectivity index (χ3n) is 2.62. The van der Waals surface area contributed by atoms with E-state index in [1.54, 1.807) is 0 Å². The number of ether oxygens (including phenoxy) is 1. The van der Waals surface area contributed by atoms with Crippen LogP contribution in [0.4, 0.5) is 0 Å². The van der Waals surface area contributed by atoms with Crippen LogP contribution in [-0.4, -0.2) is 12.3 Å². The molecule has 1 rings (SSSR count). The van der Waals surface area contributed by atoms with Gasteiger partial charge in [-0.05, 0) is 25.2 Å². The van der Waals surface area contributed by atoms with Gasteiger partial charge in [0.25, 0.3) is 0 Å². The fourth-order valence-corrected chi connectivity index (χ4v) is 1.97. The van der Waals surface area contributed by atoms with Crippen LogP contribution in [0, 0.1) is 5.92 Å². The maximum atomic E-state index is 5.88. The van der Waals surface area contributed by atoms with Gasteiger partial charge in [0, 0.05) is 0 Å². The Morgan fingerprint density at radius 3 is 2.38 bits per heavy atom. The van der Waals surface area contributed by atoms with Crippen LogP contribution in [-0.2, 0) is 4.74 Å². The van der Waals surface area contributed by atoms with Gasteiger partial charge in [0.05, 0.1) is 6.10 Å². The van der Waals surface area contributed by atoms with E-state index in [4.69, 9.17) is 10.5 Å². The molecule has 0 aliphatic heterocycles. The lowest BCUT2D eigenvalue weighted by Gasteiger charge is -2.26. The zero-order chi connectivity index (χ0) is 9.68. The maximum absolute atomic E-state index is 5.88. The average molecular weight is 185 g/mol. The standard InChI is InChI=1S/C11H23NO/c1-9(2)8-11(12)13-10-6-4-3-5-7-10/h9-11H,3-8,12H2,1-2H3. The molecule has 1 aliphatic rings. The normalized spacial score (nSPS) is 22.2. The topological polar surface area (TPSA) is 35.2 Å². The first-order valence-corrected chi connectivity index (χ1v) is 5.59. The van der Waals surface area contributed by atoms with Crippen molar-refractivity contribution in [2.24, 2.45) is 11.7 Å². The molecule has 78 valence electrons. The predicted molar refractivity (Wildman–Crippen MR) is 55.4 cm³/mol. The van der Waals surface area contributed by atoms with Crippen LogP contribution >= 0.6 is 0 Å². The zero-order valence-electron chi connectivity index (χ0n) is 8.96. The SMILES string of the molecule is CC(C)CC(N)OC1CCCCC1. The van der Waals surface area contributed by atoms with Gasteiger partial charge in [-0.1, -0.05) is 33.1 Å². The lowest BCUT2D eigenvalue weighted by atomic mass is 9.97. The van der Waals surface area contributed by atoms with Gasteiger partial charge in [0.2, 0.25) is 0 Å². The summed E-state index contributed by atoms with van der Waals surface area (Å²) in [5.41, 5.74) is 5.88. The minimum Gasteiger partial charge on any atom is -0.360 e. The summed E-state index contributed by atoms with van der Waals surface area (Å²) in [6.45, 7) is 4.37. The molecule has 0 heterocycles. The van der Waals surface area contributed by atoms with Crippen molar-refractivity contribution in [1.29, 1.82) is 0 Å². The first kappa shape index (κ1) is 11.0. The number of nitrogens with two attached hydrogens (primary N) is 1. The Hall–Kier alpha value is -0.0800. The highest BCUT2D eigenvalue weighted by molar-refractivity contribution is 4.67. The molecule has 2 heteroatoms. The molecule has 1 saturated carbocycles. The van der Waals surface area contributed by atoms with Crippen LogP contribution < -0.4 is 5.73 Å². The van der Waals surface area contributed by atoms with Gasteiger partial charge >= 0.3 is 0 Å². The molecular formula is C11H23NO. The Balaban J connectivity index is 2.14. The molecule has 1 atom stereocenters. The largest absolute Gasteiger partial charge is 0.360 e. The van der Waals surface area contributed by atoms with Crippen molar-refractivity contribution in [3.8, 4) is 0 Å². The predicted octanol–water partition coefficient (Wildman–Crippen LogP) is 2.67. The van der Waals surface area contributed by atoms with E-state index in [9.17, 15) is 0 Å². The minimum atomic E-state index is -0.0388. The third kappa shape index (κ3) is 4.63. The Kier molecular flexibility index (Phi) is 4.74. The van der Waals surface area contributed by atoms with E-state index in [1.165, 1.54) is 32.1 Å². The van der Waals surface area contributed by atoms with Crippen LogP contribution in [0.2, 0.25) is 0 Å². The Labute approximate surface area is 81.8 Å². The van der Waals surface area contributed by atoms with Crippen LogP contribution in [0.5, 0.6) is 0 Å². The van der Waals surface area contributed by atoms with E-state index in [0.717, 1.165) is 6.42 Å². The van der Waals surface area contributed by atoms with Crippen LogP contribution in [0.3, 0.4) is 0 Å². The smallest absolute Gasteiger partial charge is 0.106 e. The first-order valence-electron chi connectivity index (χ1n) is 5.59. The van der Waals surface area contributed by atoms with E-state index >= 15 is 0 Å². The van der Waals surface area contributed by atoms with E-state index in [-0.39, 0.29) is 6.23 Å². The minimum absolute atomic E-state index is 0.0388. The van der Waals surface area contributed by atoms with Crippen molar-refractivity contribution < 1.29 is 4.74 Å². The average Bonchev–Trinajstić information content (AvgIpc) is 2.04. The molecular weight excluding hydrogens is 162 g/mol. The van der Waals surface area contributed by atoms with Crippen molar-refractivity contribution in [1.82, 2.24) is 0 Å². The quantitative estimate of drug-likeness (QED) is 0.683. The third-order valence-corrected chi connectivity index (χ3v) is 2.62. The molecule has 0 spiro atoms. The fraction of sp³-hybridized carbons (Fsp3) is 1.00. The maximum Gasteiger partial charge on any atom is 0.106 e. The number of rotatable bonds is 4. The van der Waals surface area contributed by atoms with Gasteiger partial charge in [-0.15, -0.1) is 0 Å². The number of hydrogen-bond donors (Lipinski definition) is 1.